The summed E-state index contributed by atoms with van der Waals surface area (Å²) in [6.45, 7) is -0.0781. The number of carbonyl (C=O) groups excluding carboxylic acids is 1. The van der Waals surface area contributed by atoms with E-state index in [4.69, 9.17) is 4.74 Å². The van der Waals surface area contributed by atoms with Gasteiger partial charge in [-0.2, -0.15) is 0 Å². The third kappa shape index (κ3) is 1.97. The van der Waals surface area contributed by atoms with Crippen molar-refractivity contribution < 1.29 is 14.6 Å². The highest BCUT2D eigenvalue weighted by molar-refractivity contribution is 5.99. The van der Waals surface area contributed by atoms with Gasteiger partial charge < -0.3 is 14.7 Å². The first kappa shape index (κ1) is 12.9. The number of benzene rings is 1. The zero-order chi connectivity index (χ0) is 13.2. The predicted octanol–water partition coefficient (Wildman–Crippen LogP) is 1.82. The highest BCUT2D eigenvalue weighted by atomic mass is 16.5. The van der Waals surface area contributed by atoms with Crippen molar-refractivity contribution in [2.45, 2.75) is 19.3 Å². The number of anilines is 1. The number of nitrogens with zero attached hydrogens (tertiary/aromatic N) is 1. The summed E-state index contributed by atoms with van der Waals surface area (Å²) in [6, 6.07) is 7.41. The lowest BCUT2D eigenvalue weighted by atomic mass is 9.68. The van der Waals surface area contributed by atoms with Crippen LogP contribution in [-0.4, -0.2) is 31.8 Å². The molecule has 1 N–H and O–H groups in total. The van der Waals surface area contributed by atoms with Crippen LogP contribution in [0.3, 0.4) is 0 Å². The second-order valence-corrected chi connectivity index (χ2v) is 4.83. The number of para-hydroxylation sites is 2. The van der Waals surface area contributed by atoms with Gasteiger partial charge in [0.1, 0.15) is 5.75 Å². The molecule has 0 aliphatic heterocycles. The van der Waals surface area contributed by atoms with Crippen LogP contribution >= 0.6 is 0 Å². The standard InChI is InChI=1S/C14H19NO3/c1-15(11-6-3-4-7-12(11)18-2)13(17)14(10-16)8-5-9-14/h3-4,6-7,16H,5,8-10H2,1-2H3. The molecule has 4 nitrogen and oxygen atoms in total. The molecule has 0 aromatic heterocycles. The molecule has 1 aliphatic rings. The molecule has 0 atom stereocenters. The lowest BCUT2D eigenvalue weighted by Crippen LogP contribution is -2.49. The number of aliphatic hydroxyl groups excluding tert-OH is 1. The Balaban J connectivity index is 2.25. The first-order valence-electron chi connectivity index (χ1n) is 6.17. The van der Waals surface area contributed by atoms with Crippen LogP contribution in [0.4, 0.5) is 5.69 Å². The van der Waals surface area contributed by atoms with E-state index in [0.717, 1.165) is 24.9 Å². The summed E-state index contributed by atoms with van der Waals surface area (Å²) in [4.78, 5) is 14.0. The van der Waals surface area contributed by atoms with Crippen molar-refractivity contribution in [3.05, 3.63) is 24.3 Å². The maximum absolute atomic E-state index is 12.5. The average Bonchev–Trinajstić information content (AvgIpc) is 2.37. The molecule has 0 radical (unpaired) electrons. The lowest BCUT2D eigenvalue weighted by Gasteiger charge is -2.41. The van der Waals surface area contributed by atoms with Gasteiger partial charge in [0.2, 0.25) is 5.91 Å². The Morgan fingerprint density at radius 2 is 2.11 bits per heavy atom. The van der Waals surface area contributed by atoms with Gasteiger partial charge in [-0.3, -0.25) is 4.79 Å². The van der Waals surface area contributed by atoms with Crippen LogP contribution in [-0.2, 0) is 4.79 Å². The number of rotatable bonds is 4. The highest BCUT2D eigenvalue weighted by Gasteiger charge is 2.45. The summed E-state index contributed by atoms with van der Waals surface area (Å²) < 4.78 is 5.26. The van der Waals surface area contributed by atoms with E-state index < -0.39 is 5.41 Å². The fraction of sp³-hybridized carbons (Fsp3) is 0.500. The fourth-order valence-electron chi connectivity index (χ4n) is 2.42. The SMILES string of the molecule is COc1ccccc1N(C)C(=O)C1(CO)CCC1. The first-order chi connectivity index (χ1) is 8.64. The van der Waals surface area contributed by atoms with Crippen molar-refractivity contribution in [3.8, 4) is 5.75 Å². The van der Waals surface area contributed by atoms with Gasteiger partial charge in [0, 0.05) is 7.05 Å². The second-order valence-electron chi connectivity index (χ2n) is 4.83. The van der Waals surface area contributed by atoms with E-state index in [1.54, 1.807) is 19.1 Å². The maximum Gasteiger partial charge on any atom is 0.235 e. The van der Waals surface area contributed by atoms with E-state index in [9.17, 15) is 9.90 Å². The lowest BCUT2D eigenvalue weighted by molar-refractivity contribution is -0.136. The third-order valence-electron chi connectivity index (χ3n) is 3.82. The van der Waals surface area contributed by atoms with E-state index in [1.807, 2.05) is 24.3 Å². The number of methoxy groups -OCH3 is 1. The molecule has 4 heteroatoms. The topological polar surface area (TPSA) is 49.8 Å². The smallest absolute Gasteiger partial charge is 0.235 e. The van der Waals surface area contributed by atoms with E-state index in [0.29, 0.717) is 5.75 Å². The van der Waals surface area contributed by atoms with Crippen LogP contribution in [0.15, 0.2) is 24.3 Å². The number of ether oxygens (including phenoxy) is 1. The minimum atomic E-state index is -0.574. The van der Waals surface area contributed by atoms with Crippen LogP contribution in [0, 0.1) is 5.41 Å². The number of aliphatic hydroxyl groups is 1. The van der Waals surface area contributed by atoms with Gasteiger partial charge in [-0.15, -0.1) is 0 Å². The minimum absolute atomic E-state index is 0.0271. The Labute approximate surface area is 107 Å². The highest BCUT2D eigenvalue weighted by Crippen LogP contribution is 2.43. The molecule has 0 bridgehead atoms. The zero-order valence-corrected chi connectivity index (χ0v) is 10.8. The average molecular weight is 249 g/mol. The van der Waals surface area contributed by atoms with Crippen molar-refractivity contribution in [1.82, 2.24) is 0 Å². The number of hydrogen-bond acceptors (Lipinski definition) is 3. The Kier molecular flexibility index (Phi) is 3.57. The number of hydrogen-bond donors (Lipinski definition) is 1. The van der Waals surface area contributed by atoms with Crippen molar-refractivity contribution >= 4 is 11.6 Å². The van der Waals surface area contributed by atoms with Gasteiger partial charge in [-0.25, -0.2) is 0 Å². The third-order valence-corrected chi connectivity index (χ3v) is 3.82. The molecule has 98 valence electrons. The van der Waals surface area contributed by atoms with Crippen LogP contribution in [0.1, 0.15) is 19.3 Å². The number of carbonyl (C=O) groups is 1. The molecule has 1 aromatic carbocycles. The van der Waals surface area contributed by atoms with Crippen molar-refractivity contribution in [3.63, 3.8) is 0 Å². The molecule has 0 spiro atoms. The van der Waals surface area contributed by atoms with Crippen LogP contribution < -0.4 is 9.64 Å². The van der Waals surface area contributed by atoms with Gasteiger partial charge in [0.05, 0.1) is 24.8 Å². The van der Waals surface area contributed by atoms with E-state index in [-0.39, 0.29) is 12.5 Å². The first-order valence-corrected chi connectivity index (χ1v) is 6.17. The van der Waals surface area contributed by atoms with Crippen molar-refractivity contribution in [1.29, 1.82) is 0 Å². The molecule has 2 rings (SSSR count). The monoisotopic (exact) mass is 249 g/mol. The van der Waals surface area contributed by atoms with Crippen LogP contribution in [0.2, 0.25) is 0 Å². The Bertz CT molecular complexity index is 435. The molecular formula is C14H19NO3. The summed E-state index contributed by atoms with van der Waals surface area (Å²) in [5.74, 6) is 0.640. The van der Waals surface area contributed by atoms with Gasteiger partial charge >= 0.3 is 0 Å². The fourth-order valence-corrected chi connectivity index (χ4v) is 2.42. The van der Waals surface area contributed by atoms with Gasteiger partial charge in [-0.05, 0) is 25.0 Å². The molecule has 1 amide bonds. The van der Waals surface area contributed by atoms with E-state index in [1.165, 1.54) is 0 Å². The summed E-state index contributed by atoms with van der Waals surface area (Å²) in [5.41, 5.74) is 0.167. The van der Waals surface area contributed by atoms with E-state index >= 15 is 0 Å². The van der Waals surface area contributed by atoms with E-state index in [2.05, 4.69) is 0 Å². The summed E-state index contributed by atoms with van der Waals surface area (Å²) in [7, 11) is 3.32. The maximum atomic E-state index is 12.5. The van der Waals surface area contributed by atoms with Gasteiger partial charge in [0.25, 0.3) is 0 Å². The second kappa shape index (κ2) is 4.98. The molecular weight excluding hydrogens is 230 g/mol. The zero-order valence-electron chi connectivity index (χ0n) is 10.8. The van der Waals surface area contributed by atoms with Crippen molar-refractivity contribution in [2.75, 3.05) is 25.7 Å². The number of amides is 1. The normalized spacial score (nSPS) is 16.8. The molecule has 0 unspecified atom stereocenters. The Hall–Kier alpha value is -1.55. The van der Waals surface area contributed by atoms with Crippen molar-refractivity contribution in [2.24, 2.45) is 5.41 Å². The summed E-state index contributed by atoms with van der Waals surface area (Å²) >= 11 is 0. The van der Waals surface area contributed by atoms with Crippen LogP contribution in [0.25, 0.3) is 0 Å². The van der Waals surface area contributed by atoms with Crippen LogP contribution in [0.5, 0.6) is 5.75 Å². The molecule has 0 heterocycles. The molecule has 0 saturated heterocycles. The molecule has 18 heavy (non-hydrogen) atoms. The largest absolute Gasteiger partial charge is 0.495 e. The minimum Gasteiger partial charge on any atom is -0.495 e. The molecule has 1 saturated carbocycles. The quantitative estimate of drug-likeness (QED) is 0.885. The molecule has 1 aromatic rings. The van der Waals surface area contributed by atoms with Gasteiger partial charge in [0.15, 0.2) is 0 Å². The summed E-state index contributed by atoms with van der Waals surface area (Å²) in [5, 5.41) is 9.45. The Morgan fingerprint density at radius 3 is 2.61 bits per heavy atom. The molecule has 1 aliphatic carbocycles. The van der Waals surface area contributed by atoms with Gasteiger partial charge in [-0.1, -0.05) is 18.6 Å². The molecule has 1 fully saturated rings. The predicted molar refractivity (Wildman–Crippen MR) is 69.8 cm³/mol. The Morgan fingerprint density at radius 1 is 1.44 bits per heavy atom. The summed E-state index contributed by atoms with van der Waals surface area (Å²) in [6.07, 6.45) is 2.54.